The third-order valence-electron chi connectivity index (χ3n) is 5.57. The van der Waals surface area contributed by atoms with Crippen LogP contribution in [0.25, 0.3) is 5.69 Å². The maximum absolute atomic E-state index is 13.0. The minimum atomic E-state index is -0.0715. The number of para-hydroxylation sites is 1. The number of aromatic nitrogens is 4. The second-order valence-corrected chi connectivity index (χ2v) is 8.05. The van der Waals surface area contributed by atoms with Crippen molar-refractivity contribution in [1.82, 2.24) is 24.8 Å². The van der Waals surface area contributed by atoms with Crippen LogP contribution in [0.4, 0.5) is 0 Å². The number of aryl methyl sites for hydroxylation is 3. The van der Waals surface area contributed by atoms with Crippen LogP contribution in [-0.2, 0) is 13.2 Å². The standard InChI is InChI=1S/C25H27N5O3/c1-16-8-6-7-9-23(16)30-18(3)22(17(2)27-30)14-29(5)25(31)20-10-12-21(13-11-20)32-15-24-26-19(4)33-28-24/h6-13H,14-15H2,1-5H3. The number of rotatable bonds is 7. The van der Waals surface area contributed by atoms with Gasteiger partial charge in [0.1, 0.15) is 5.75 Å². The number of carbonyl (C=O) groups excluding carboxylic acids is 1. The normalized spacial score (nSPS) is 10.9. The highest BCUT2D eigenvalue weighted by Gasteiger charge is 2.19. The van der Waals surface area contributed by atoms with Gasteiger partial charge in [-0.2, -0.15) is 10.1 Å². The van der Waals surface area contributed by atoms with E-state index in [2.05, 4.69) is 29.2 Å². The molecule has 2 aromatic heterocycles. The van der Waals surface area contributed by atoms with Crippen LogP contribution in [0.5, 0.6) is 5.75 Å². The molecule has 8 nitrogen and oxygen atoms in total. The van der Waals surface area contributed by atoms with Gasteiger partial charge >= 0.3 is 0 Å². The Balaban J connectivity index is 1.44. The van der Waals surface area contributed by atoms with Crippen molar-refractivity contribution in [2.24, 2.45) is 0 Å². The molecule has 1 amide bonds. The highest BCUT2D eigenvalue weighted by atomic mass is 16.5. The molecule has 2 aromatic carbocycles. The molecule has 0 saturated heterocycles. The molecule has 33 heavy (non-hydrogen) atoms. The molecular weight excluding hydrogens is 418 g/mol. The second kappa shape index (κ2) is 9.28. The Morgan fingerprint density at radius 3 is 2.45 bits per heavy atom. The molecule has 4 aromatic rings. The van der Waals surface area contributed by atoms with Crippen LogP contribution < -0.4 is 4.74 Å². The average molecular weight is 446 g/mol. The highest BCUT2D eigenvalue weighted by Crippen LogP contribution is 2.22. The van der Waals surface area contributed by atoms with E-state index in [4.69, 9.17) is 14.4 Å². The number of hydrogen-bond donors (Lipinski definition) is 0. The maximum atomic E-state index is 13.0. The molecular formula is C25H27N5O3. The average Bonchev–Trinajstić information content (AvgIpc) is 3.35. The zero-order valence-electron chi connectivity index (χ0n) is 19.5. The summed E-state index contributed by atoms with van der Waals surface area (Å²) in [7, 11) is 1.80. The molecule has 170 valence electrons. The van der Waals surface area contributed by atoms with Gasteiger partial charge in [0.2, 0.25) is 11.7 Å². The zero-order chi connectivity index (χ0) is 23.5. The zero-order valence-corrected chi connectivity index (χ0v) is 19.5. The van der Waals surface area contributed by atoms with Gasteiger partial charge in [-0.1, -0.05) is 23.4 Å². The van der Waals surface area contributed by atoms with Crippen molar-refractivity contribution >= 4 is 5.91 Å². The van der Waals surface area contributed by atoms with E-state index in [-0.39, 0.29) is 12.5 Å². The lowest BCUT2D eigenvalue weighted by Gasteiger charge is -2.18. The molecule has 2 heterocycles. The Hall–Kier alpha value is -3.94. The van der Waals surface area contributed by atoms with Gasteiger partial charge in [-0.25, -0.2) is 4.68 Å². The SMILES string of the molecule is Cc1nc(COc2ccc(C(=O)N(C)Cc3c(C)nn(-c4ccccc4C)c3C)cc2)no1. The van der Waals surface area contributed by atoms with Crippen molar-refractivity contribution in [3.63, 3.8) is 0 Å². The third kappa shape index (κ3) is 4.79. The lowest BCUT2D eigenvalue weighted by atomic mass is 10.1. The second-order valence-electron chi connectivity index (χ2n) is 8.05. The molecule has 0 radical (unpaired) electrons. The van der Waals surface area contributed by atoms with Crippen LogP contribution in [0.1, 0.15) is 44.6 Å². The molecule has 0 aliphatic carbocycles. The first-order valence-corrected chi connectivity index (χ1v) is 10.7. The highest BCUT2D eigenvalue weighted by molar-refractivity contribution is 5.94. The molecule has 0 atom stereocenters. The van der Waals surface area contributed by atoms with Crippen LogP contribution >= 0.6 is 0 Å². The Labute approximate surface area is 192 Å². The monoisotopic (exact) mass is 445 g/mol. The third-order valence-corrected chi connectivity index (χ3v) is 5.57. The molecule has 0 aliphatic heterocycles. The number of amides is 1. The fraction of sp³-hybridized carbons (Fsp3) is 0.280. The summed E-state index contributed by atoms with van der Waals surface area (Å²) in [6, 6.07) is 15.2. The van der Waals surface area contributed by atoms with Crippen molar-refractivity contribution in [2.45, 2.75) is 40.8 Å². The molecule has 0 spiro atoms. The van der Waals surface area contributed by atoms with Crippen molar-refractivity contribution < 1.29 is 14.1 Å². The fourth-order valence-electron chi connectivity index (χ4n) is 3.71. The number of ether oxygens (including phenoxy) is 1. The number of carbonyl (C=O) groups is 1. The summed E-state index contributed by atoms with van der Waals surface area (Å²) in [5.74, 6) is 1.53. The number of benzene rings is 2. The molecule has 0 saturated carbocycles. The number of hydrogen-bond acceptors (Lipinski definition) is 6. The first kappa shape index (κ1) is 22.3. The summed E-state index contributed by atoms with van der Waals surface area (Å²) in [5.41, 5.74) is 5.77. The Kier molecular flexibility index (Phi) is 6.26. The van der Waals surface area contributed by atoms with Gasteiger partial charge in [-0.05, 0) is 56.7 Å². The minimum Gasteiger partial charge on any atom is -0.485 e. The van der Waals surface area contributed by atoms with Gasteiger partial charge in [0.15, 0.2) is 6.61 Å². The summed E-state index contributed by atoms with van der Waals surface area (Å²) in [5, 5.41) is 8.53. The van der Waals surface area contributed by atoms with E-state index in [1.165, 1.54) is 0 Å². The van der Waals surface area contributed by atoms with E-state index in [1.807, 2.05) is 30.7 Å². The predicted molar refractivity (Wildman–Crippen MR) is 123 cm³/mol. The van der Waals surface area contributed by atoms with E-state index in [1.54, 1.807) is 43.1 Å². The molecule has 0 unspecified atom stereocenters. The van der Waals surface area contributed by atoms with Gasteiger partial charge in [0.25, 0.3) is 5.91 Å². The van der Waals surface area contributed by atoms with E-state index < -0.39 is 0 Å². The van der Waals surface area contributed by atoms with Crippen molar-refractivity contribution in [3.05, 3.63) is 88.3 Å². The van der Waals surface area contributed by atoms with Crippen LogP contribution in [0, 0.1) is 27.7 Å². The maximum Gasteiger partial charge on any atom is 0.253 e. The molecule has 0 N–H and O–H groups in total. The van der Waals surface area contributed by atoms with E-state index in [0.29, 0.717) is 29.6 Å². The molecule has 4 rings (SSSR count). The molecule has 0 aliphatic rings. The molecule has 8 heteroatoms. The Morgan fingerprint density at radius 1 is 1.06 bits per heavy atom. The summed E-state index contributed by atoms with van der Waals surface area (Å²) < 4.78 is 12.5. The lowest BCUT2D eigenvalue weighted by Crippen LogP contribution is -2.26. The van der Waals surface area contributed by atoms with Gasteiger partial charge in [0.05, 0.1) is 11.4 Å². The van der Waals surface area contributed by atoms with Gasteiger partial charge in [-0.15, -0.1) is 0 Å². The van der Waals surface area contributed by atoms with Crippen molar-refractivity contribution in [2.75, 3.05) is 7.05 Å². The largest absolute Gasteiger partial charge is 0.485 e. The summed E-state index contributed by atoms with van der Waals surface area (Å²) in [4.78, 5) is 18.8. The first-order chi connectivity index (χ1) is 15.8. The quantitative estimate of drug-likeness (QED) is 0.421. The molecule has 0 fully saturated rings. The van der Waals surface area contributed by atoms with Gasteiger partial charge < -0.3 is 14.2 Å². The van der Waals surface area contributed by atoms with Gasteiger partial charge in [-0.3, -0.25) is 4.79 Å². The molecule has 0 bridgehead atoms. The van der Waals surface area contributed by atoms with E-state index >= 15 is 0 Å². The van der Waals surface area contributed by atoms with Crippen LogP contribution in [0.3, 0.4) is 0 Å². The summed E-state index contributed by atoms with van der Waals surface area (Å²) in [6.07, 6.45) is 0. The first-order valence-electron chi connectivity index (χ1n) is 10.7. The van der Waals surface area contributed by atoms with E-state index in [9.17, 15) is 4.79 Å². The summed E-state index contributed by atoms with van der Waals surface area (Å²) in [6.45, 7) is 8.48. The summed E-state index contributed by atoms with van der Waals surface area (Å²) >= 11 is 0. The van der Waals surface area contributed by atoms with Gasteiger partial charge in [0, 0.05) is 37.3 Å². The Morgan fingerprint density at radius 2 is 1.79 bits per heavy atom. The lowest BCUT2D eigenvalue weighted by molar-refractivity contribution is 0.0784. The predicted octanol–water partition coefficient (Wildman–Crippen LogP) is 4.34. The smallest absolute Gasteiger partial charge is 0.253 e. The number of nitrogens with zero attached hydrogens (tertiary/aromatic N) is 5. The van der Waals surface area contributed by atoms with Crippen LogP contribution in [0.2, 0.25) is 0 Å². The van der Waals surface area contributed by atoms with Crippen LogP contribution in [0.15, 0.2) is 53.1 Å². The van der Waals surface area contributed by atoms with E-state index in [0.717, 1.165) is 28.2 Å². The van der Waals surface area contributed by atoms with Crippen molar-refractivity contribution in [3.8, 4) is 11.4 Å². The topological polar surface area (TPSA) is 86.3 Å². The Bertz CT molecular complexity index is 1270. The minimum absolute atomic E-state index is 0.0715. The fourth-order valence-corrected chi connectivity index (χ4v) is 3.71. The van der Waals surface area contributed by atoms with Crippen molar-refractivity contribution in [1.29, 1.82) is 0 Å². The van der Waals surface area contributed by atoms with Crippen LogP contribution in [-0.4, -0.2) is 37.8 Å².